The highest BCUT2D eigenvalue weighted by Gasteiger charge is 2.23. The third-order valence-electron chi connectivity index (χ3n) is 4.50. The molecule has 8 heteroatoms. The summed E-state index contributed by atoms with van der Waals surface area (Å²) in [5.41, 5.74) is 1.00. The maximum atomic E-state index is 14.4. The van der Waals surface area contributed by atoms with Crippen molar-refractivity contribution < 1.29 is 18.7 Å². The molecule has 0 saturated heterocycles. The normalized spacial score (nSPS) is 13.6. The van der Waals surface area contributed by atoms with Crippen LogP contribution in [0.3, 0.4) is 0 Å². The number of amides is 1. The third kappa shape index (κ3) is 3.95. The first-order chi connectivity index (χ1) is 14.0. The van der Waals surface area contributed by atoms with Crippen LogP contribution in [0.2, 0.25) is 5.02 Å². The first kappa shape index (κ1) is 19.0. The lowest BCUT2D eigenvalue weighted by Gasteiger charge is -2.19. The van der Waals surface area contributed by atoms with Gasteiger partial charge in [0.05, 0.1) is 5.02 Å². The lowest BCUT2D eigenvalue weighted by atomic mass is 10.1. The van der Waals surface area contributed by atoms with E-state index in [0.29, 0.717) is 33.5 Å². The first-order valence-electron chi connectivity index (χ1n) is 8.82. The van der Waals surface area contributed by atoms with Crippen molar-refractivity contribution in [1.82, 2.24) is 14.9 Å². The molecular formula is C21H17ClFN3O3. The minimum absolute atomic E-state index is 0.108. The fourth-order valence-corrected chi connectivity index (χ4v) is 3.37. The molecule has 6 nitrogen and oxygen atoms in total. The number of nitrogens with zero attached hydrogens (tertiary/aromatic N) is 2. The summed E-state index contributed by atoms with van der Waals surface area (Å²) in [7, 11) is 1.78. The summed E-state index contributed by atoms with van der Waals surface area (Å²) in [5, 5.41) is 3.22. The number of aromatic nitrogens is 2. The Kier molecular flexibility index (Phi) is 5.22. The van der Waals surface area contributed by atoms with E-state index in [1.165, 1.54) is 12.1 Å². The van der Waals surface area contributed by atoms with Gasteiger partial charge in [0.2, 0.25) is 12.7 Å². The molecule has 0 saturated carbocycles. The van der Waals surface area contributed by atoms with Crippen LogP contribution < -0.4 is 14.8 Å². The topological polar surface area (TPSA) is 65.4 Å². The van der Waals surface area contributed by atoms with E-state index in [0.717, 1.165) is 0 Å². The number of carbonyl (C=O) groups is 1. The van der Waals surface area contributed by atoms with E-state index >= 15 is 0 Å². The van der Waals surface area contributed by atoms with Crippen molar-refractivity contribution in [3.63, 3.8) is 0 Å². The molecular weight excluding hydrogens is 397 g/mol. The summed E-state index contributed by atoms with van der Waals surface area (Å²) in [6.07, 6.45) is 6.28. The van der Waals surface area contributed by atoms with Crippen molar-refractivity contribution in [3.8, 4) is 11.5 Å². The second-order valence-electron chi connectivity index (χ2n) is 6.43. The Labute approximate surface area is 171 Å². The van der Waals surface area contributed by atoms with Gasteiger partial charge < -0.3 is 19.4 Å². The number of carbonyl (C=O) groups excluding carboxylic acids is 1. The smallest absolute Gasteiger partial charge is 0.244 e. The van der Waals surface area contributed by atoms with Crippen molar-refractivity contribution in [2.45, 2.75) is 6.04 Å². The number of benzene rings is 2. The van der Waals surface area contributed by atoms with E-state index in [9.17, 15) is 9.18 Å². The Morgan fingerprint density at radius 2 is 2.17 bits per heavy atom. The molecule has 0 spiro atoms. The molecule has 4 rings (SSSR count). The predicted octanol–water partition coefficient (Wildman–Crippen LogP) is 3.86. The summed E-state index contributed by atoms with van der Waals surface area (Å²) < 4.78 is 26.7. The Bertz CT molecular complexity index is 1100. The Hall–Kier alpha value is -3.32. The second-order valence-corrected chi connectivity index (χ2v) is 6.84. The molecule has 1 aliphatic rings. The molecule has 1 aliphatic heterocycles. The maximum absolute atomic E-state index is 14.4. The third-order valence-corrected chi connectivity index (χ3v) is 4.78. The van der Waals surface area contributed by atoms with Crippen molar-refractivity contribution in [1.29, 1.82) is 0 Å². The summed E-state index contributed by atoms with van der Waals surface area (Å²) in [6.45, 7) is 0.108. The van der Waals surface area contributed by atoms with E-state index in [4.69, 9.17) is 21.1 Å². The number of aryl methyl sites for hydroxylation is 1. The van der Waals surface area contributed by atoms with Gasteiger partial charge >= 0.3 is 0 Å². The quantitative estimate of drug-likeness (QED) is 0.645. The number of hydrogen-bond donors (Lipinski definition) is 1. The van der Waals surface area contributed by atoms with E-state index in [2.05, 4.69) is 10.3 Å². The van der Waals surface area contributed by atoms with Crippen molar-refractivity contribution in [2.75, 3.05) is 6.79 Å². The highest BCUT2D eigenvalue weighted by Crippen LogP contribution is 2.40. The van der Waals surface area contributed by atoms with Crippen molar-refractivity contribution in [2.24, 2.45) is 7.05 Å². The largest absolute Gasteiger partial charge is 0.454 e. The van der Waals surface area contributed by atoms with Gasteiger partial charge in [-0.2, -0.15) is 0 Å². The number of imidazole rings is 1. The predicted molar refractivity (Wildman–Crippen MR) is 106 cm³/mol. The summed E-state index contributed by atoms with van der Waals surface area (Å²) in [5.74, 6) is 0.697. The number of ether oxygens (including phenoxy) is 2. The van der Waals surface area contributed by atoms with Crippen LogP contribution >= 0.6 is 11.6 Å². The number of halogens is 2. The van der Waals surface area contributed by atoms with E-state index in [1.807, 2.05) is 0 Å². The fourth-order valence-electron chi connectivity index (χ4n) is 3.09. The zero-order valence-corrected chi connectivity index (χ0v) is 16.2. The van der Waals surface area contributed by atoms with E-state index in [-0.39, 0.29) is 6.79 Å². The average molecular weight is 414 g/mol. The molecule has 1 aromatic heterocycles. The molecule has 0 unspecified atom stereocenters. The standard InChI is InChI=1S/C21H17ClFN3O3/c1-26-9-8-24-21(26)19(14-4-2-3-5-16(14)23)25-18(27)7-6-13-10-15(22)20-17(11-13)28-12-29-20/h2-11,19H,12H2,1H3,(H,25,27)/b7-6+/t19-/m0/s1. The molecule has 0 aliphatic carbocycles. The molecule has 0 fully saturated rings. The maximum Gasteiger partial charge on any atom is 0.244 e. The number of hydrogen-bond acceptors (Lipinski definition) is 4. The van der Waals surface area contributed by atoms with Crippen LogP contribution in [0, 0.1) is 5.82 Å². The lowest BCUT2D eigenvalue weighted by molar-refractivity contribution is -0.117. The van der Waals surface area contributed by atoms with Gasteiger partial charge in [-0.15, -0.1) is 0 Å². The van der Waals surface area contributed by atoms with Crippen LogP contribution in [0.15, 0.2) is 54.9 Å². The number of fused-ring (bicyclic) bond motifs is 1. The summed E-state index contributed by atoms with van der Waals surface area (Å²) in [6, 6.07) is 8.94. The van der Waals surface area contributed by atoms with Gasteiger partial charge in [-0.3, -0.25) is 4.79 Å². The first-order valence-corrected chi connectivity index (χ1v) is 9.20. The van der Waals surface area contributed by atoms with Crippen molar-refractivity contribution in [3.05, 3.63) is 82.7 Å². The molecule has 2 heterocycles. The Morgan fingerprint density at radius 3 is 2.93 bits per heavy atom. The summed E-state index contributed by atoms with van der Waals surface area (Å²) in [4.78, 5) is 16.9. The molecule has 1 amide bonds. The van der Waals surface area contributed by atoms with Crippen LogP contribution in [-0.2, 0) is 11.8 Å². The highest BCUT2D eigenvalue weighted by molar-refractivity contribution is 6.32. The number of rotatable bonds is 5. The van der Waals surface area contributed by atoms with Gasteiger partial charge in [0.25, 0.3) is 0 Å². The Balaban J connectivity index is 1.58. The van der Waals surface area contributed by atoms with E-state index < -0.39 is 17.8 Å². The molecule has 29 heavy (non-hydrogen) atoms. The molecule has 1 N–H and O–H groups in total. The molecule has 148 valence electrons. The van der Waals surface area contributed by atoms with Gasteiger partial charge in [-0.05, 0) is 29.8 Å². The average Bonchev–Trinajstić information content (AvgIpc) is 3.34. The molecule has 0 radical (unpaired) electrons. The van der Waals surface area contributed by atoms with Crippen LogP contribution in [0.4, 0.5) is 4.39 Å². The fraction of sp³-hybridized carbons (Fsp3) is 0.143. The lowest BCUT2D eigenvalue weighted by Crippen LogP contribution is -2.30. The van der Waals surface area contributed by atoms with Crippen LogP contribution in [-0.4, -0.2) is 22.3 Å². The minimum Gasteiger partial charge on any atom is -0.454 e. The van der Waals surface area contributed by atoms with Crippen LogP contribution in [0.1, 0.15) is 23.0 Å². The zero-order valence-electron chi connectivity index (χ0n) is 15.4. The van der Waals surface area contributed by atoms with Gasteiger partial charge in [0.15, 0.2) is 11.5 Å². The molecule has 2 aromatic carbocycles. The van der Waals surface area contributed by atoms with Crippen LogP contribution in [0.25, 0.3) is 6.08 Å². The zero-order chi connectivity index (χ0) is 20.4. The van der Waals surface area contributed by atoms with Gasteiger partial charge in [0.1, 0.15) is 17.7 Å². The number of nitrogens with one attached hydrogen (secondary N) is 1. The van der Waals surface area contributed by atoms with Crippen LogP contribution in [0.5, 0.6) is 11.5 Å². The van der Waals surface area contributed by atoms with Gasteiger partial charge in [-0.25, -0.2) is 9.37 Å². The SMILES string of the molecule is Cn1ccnc1[C@@H](NC(=O)/C=C/c1cc(Cl)c2c(c1)OCO2)c1ccccc1F. The van der Waals surface area contributed by atoms with Crippen molar-refractivity contribution >= 4 is 23.6 Å². The van der Waals surface area contributed by atoms with Gasteiger partial charge in [0, 0.05) is 31.1 Å². The minimum atomic E-state index is -0.742. The summed E-state index contributed by atoms with van der Waals surface area (Å²) >= 11 is 6.16. The molecule has 3 aromatic rings. The highest BCUT2D eigenvalue weighted by atomic mass is 35.5. The molecule has 1 atom stereocenters. The Morgan fingerprint density at radius 1 is 1.34 bits per heavy atom. The monoisotopic (exact) mass is 413 g/mol. The van der Waals surface area contributed by atoms with Gasteiger partial charge in [-0.1, -0.05) is 29.8 Å². The second kappa shape index (κ2) is 7.97. The van der Waals surface area contributed by atoms with E-state index in [1.54, 1.807) is 60.4 Å². The molecule has 0 bridgehead atoms.